The molecular weight excluding hydrogens is 304 g/mol. The Morgan fingerprint density at radius 1 is 0.880 bits per heavy atom. The van der Waals surface area contributed by atoms with Gasteiger partial charge in [0.15, 0.2) is 0 Å². The van der Waals surface area contributed by atoms with Crippen molar-refractivity contribution in [2.75, 3.05) is 6.61 Å². The van der Waals surface area contributed by atoms with E-state index in [1.165, 1.54) is 60.8 Å². The molecule has 0 aromatic heterocycles. The maximum absolute atomic E-state index is 5.52. The van der Waals surface area contributed by atoms with Gasteiger partial charge < -0.3 is 4.74 Å². The molecule has 1 heteroatoms. The van der Waals surface area contributed by atoms with Gasteiger partial charge in [-0.1, -0.05) is 68.7 Å². The normalized spacial score (nSPS) is 17.2. The minimum Gasteiger partial charge on any atom is -0.494 e. The van der Waals surface area contributed by atoms with Crippen LogP contribution in [0.4, 0.5) is 0 Å². The minimum absolute atomic E-state index is 0.711. The van der Waals surface area contributed by atoms with Crippen LogP contribution in [0.2, 0.25) is 0 Å². The second kappa shape index (κ2) is 8.89. The van der Waals surface area contributed by atoms with E-state index in [4.69, 9.17) is 4.74 Å². The van der Waals surface area contributed by atoms with Crippen LogP contribution in [0.3, 0.4) is 0 Å². The molecule has 1 aliphatic carbocycles. The van der Waals surface area contributed by atoms with Gasteiger partial charge in [0.1, 0.15) is 5.75 Å². The molecular formula is C24H30O. The summed E-state index contributed by atoms with van der Waals surface area (Å²) in [4.78, 5) is 0. The van der Waals surface area contributed by atoms with Gasteiger partial charge in [-0.25, -0.2) is 0 Å². The van der Waals surface area contributed by atoms with Gasteiger partial charge in [-0.3, -0.25) is 0 Å². The Hall–Kier alpha value is -2.02. The summed E-state index contributed by atoms with van der Waals surface area (Å²) in [5, 5.41) is 0. The smallest absolute Gasteiger partial charge is 0.119 e. The van der Waals surface area contributed by atoms with E-state index in [9.17, 15) is 0 Å². The molecule has 0 saturated carbocycles. The fourth-order valence-corrected chi connectivity index (χ4v) is 3.69. The van der Waals surface area contributed by atoms with E-state index >= 15 is 0 Å². The molecule has 1 aliphatic rings. The van der Waals surface area contributed by atoms with Gasteiger partial charge in [-0.2, -0.15) is 0 Å². The summed E-state index contributed by atoms with van der Waals surface area (Å²) in [6, 6.07) is 17.4. The lowest BCUT2D eigenvalue weighted by molar-refractivity contribution is 0.340. The summed E-state index contributed by atoms with van der Waals surface area (Å²) in [5.74, 6) is 1.85. The molecule has 0 saturated heterocycles. The minimum atomic E-state index is 0.711. The van der Waals surface area contributed by atoms with Crippen LogP contribution in [0, 0.1) is 5.92 Å². The molecule has 0 aliphatic heterocycles. The molecule has 3 rings (SSSR count). The molecule has 0 amide bonds. The Bertz CT molecular complexity index is 679. The van der Waals surface area contributed by atoms with Crippen molar-refractivity contribution in [1.82, 2.24) is 0 Å². The highest BCUT2D eigenvalue weighted by molar-refractivity contribution is 5.71. The highest BCUT2D eigenvalue weighted by atomic mass is 16.5. The second-order valence-corrected chi connectivity index (χ2v) is 7.05. The Morgan fingerprint density at radius 2 is 1.52 bits per heavy atom. The molecule has 1 atom stereocenters. The average Bonchev–Trinajstić information content (AvgIpc) is 2.68. The van der Waals surface area contributed by atoms with Crippen LogP contribution in [0.25, 0.3) is 16.7 Å². The molecule has 1 unspecified atom stereocenters. The van der Waals surface area contributed by atoms with E-state index < -0.39 is 0 Å². The first-order valence-electron chi connectivity index (χ1n) is 9.82. The predicted octanol–water partition coefficient (Wildman–Crippen LogP) is 7.13. The summed E-state index contributed by atoms with van der Waals surface area (Å²) >= 11 is 0. The zero-order valence-corrected chi connectivity index (χ0v) is 15.6. The number of hydrogen-bond acceptors (Lipinski definition) is 1. The lowest BCUT2D eigenvalue weighted by atomic mass is 9.84. The van der Waals surface area contributed by atoms with Crippen LogP contribution in [0.15, 0.2) is 54.6 Å². The Kier molecular flexibility index (Phi) is 6.33. The number of unbranched alkanes of at least 4 members (excludes halogenated alkanes) is 1. The highest BCUT2D eigenvalue weighted by Crippen LogP contribution is 2.33. The molecule has 0 heterocycles. The molecule has 2 aromatic rings. The van der Waals surface area contributed by atoms with Crippen LogP contribution in [0.5, 0.6) is 5.75 Å². The van der Waals surface area contributed by atoms with Crippen molar-refractivity contribution in [1.29, 1.82) is 0 Å². The van der Waals surface area contributed by atoms with Crippen molar-refractivity contribution >= 4 is 5.57 Å². The first-order valence-corrected chi connectivity index (χ1v) is 9.82. The van der Waals surface area contributed by atoms with Crippen molar-refractivity contribution in [3.63, 3.8) is 0 Å². The van der Waals surface area contributed by atoms with Crippen molar-refractivity contribution in [3.8, 4) is 16.9 Å². The topological polar surface area (TPSA) is 9.23 Å². The zero-order valence-electron chi connectivity index (χ0n) is 15.6. The molecule has 132 valence electrons. The van der Waals surface area contributed by atoms with Crippen LogP contribution in [0.1, 0.15) is 57.9 Å². The summed E-state index contributed by atoms with van der Waals surface area (Å²) in [7, 11) is 0. The van der Waals surface area contributed by atoms with Gasteiger partial charge in [0.05, 0.1) is 6.61 Å². The average molecular weight is 335 g/mol. The standard InChI is InChI=1S/C24H30O/c1-3-5-6-19-7-9-20(10-8-19)21-11-13-22(14-12-21)23-15-17-24(18-16-23)25-4-2/h9,11-19H,3-8,10H2,1-2H3. The molecule has 2 aromatic carbocycles. The lowest BCUT2D eigenvalue weighted by Gasteiger charge is -2.22. The number of allylic oxidation sites excluding steroid dienone is 2. The summed E-state index contributed by atoms with van der Waals surface area (Å²) < 4.78 is 5.52. The monoisotopic (exact) mass is 334 g/mol. The van der Waals surface area contributed by atoms with Crippen molar-refractivity contribution < 1.29 is 4.74 Å². The summed E-state index contributed by atoms with van der Waals surface area (Å²) in [6.45, 7) is 5.01. The van der Waals surface area contributed by atoms with Crippen LogP contribution in [-0.4, -0.2) is 6.61 Å². The largest absolute Gasteiger partial charge is 0.494 e. The Morgan fingerprint density at radius 3 is 2.08 bits per heavy atom. The lowest BCUT2D eigenvalue weighted by Crippen LogP contribution is -2.05. The maximum Gasteiger partial charge on any atom is 0.119 e. The SMILES string of the molecule is CCCCC1CC=C(c2ccc(-c3ccc(OCC)cc3)cc2)CC1. The Balaban J connectivity index is 1.65. The van der Waals surface area contributed by atoms with E-state index in [1.54, 1.807) is 0 Å². The van der Waals surface area contributed by atoms with Gasteiger partial charge in [0, 0.05) is 0 Å². The number of benzene rings is 2. The molecule has 0 N–H and O–H groups in total. The summed E-state index contributed by atoms with van der Waals surface area (Å²) in [5.41, 5.74) is 5.44. The van der Waals surface area contributed by atoms with E-state index in [-0.39, 0.29) is 0 Å². The number of hydrogen-bond donors (Lipinski definition) is 0. The first kappa shape index (κ1) is 17.8. The fourth-order valence-electron chi connectivity index (χ4n) is 3.69. The third-order valence-corrected chi connectivity index (χ3v) is 5.24. The molecule has 0 spiro atoms. The van der Waals surface area contributed by atoms with E-state index in [2.05, 4.69) is 49.4 Å². The predicted molar refractivity (Wildman–Crippen MR) is 108 cm³/mol. The van der Waals surface area contributed by atoms with Gasteiger partial charge in [-0.15, -0.1) is 0 Å². The first-order chi connectivity index (χ1) is 12.3. The summed E-state index contributed by atoms with van der Waals surface area (Å²) in [6.07, 6.45) is 10.4. The van der Waals surface area contributed by atoms with Crippen molar-refractivity contribution in [2.45, 2.75) is 52.4 Å². The molecule has 1 nitrogen and oxygen atoms in total. The maximum atomic E-state index is 5.52. The van der Waals surface area contributed by atoms with Gasteiger partial charge in [0.25, 0.3) is 0 Å². The van der Waals surface area contributed by atoms with Crippen molar-refractivity contribution in [3.05, 3.63) is 60.2 Å². The quantitative estimate of drug-likeness (QED) is 0.523. The number of rotatable bonds is 7. The zero-order chi connectivity index (χ0) is 17.5. The molecule has 25 heavy (non-hydrogen) atoms. The molecule has 0 radical (unpaired) electrons. The van der Waals surface area contributed by atoms with Crippen LogP contribution >= 0.6 is 0 Å². The molecule has 0 fully saturated rings. The van der Waals surface area contributed by atoms with Crippen molar-refractivity contribution in [2.24, 2.45) is 5.92 Å². The van der Waals surface area contributed by atoms with Gasteiger partial charge >= 0.3 is 0 Å². The number of ether oxygens (including phenoxy) is 1. The third-order valence-electron chi connectivity index (χ3n) is 5.24. The van der Waals surface area contributed by atoms with Crippen LogP contribution in [-0.2, 0) is 0 Å². The van der Waals surface area contributed by atoms with Crippen LogP contribution < -0.4 is 4.74 Å². The fraction of sp³-hybridized carbons (Fsp3) is 0.417. The van der Waals surface area contributed by atoms with E-state index in [1.807, 2.05) is 19.1 Å². The van der Waals surface area contributed by atoms with E-state index in [0.29, 0.717) is 6.61 Å². The third kappa shape index (κ3) is 4.75. The Labute approximate surface area is 152 Å². The highest BCUT2D eigenvalue weighted by Gasteiger charge is 2.15. The van der Waals surface area contributed by atoms with Gasteiger partial charge in [0.2, 0.25) is 0 Å². The molecule has 0 bridgehead atoms. The second-order valence-electron chi connectivity index (χ2n) is 7.05. The van der Waals surface area contributed by atoms with E-state index in [0.717, 1.165) is 11.7 Å². The van der Waals surface area contributed by atoms with Gasteiger partial charge in [-0.05, 0) is 66.5 Å².